The van der Waals surface area contributed by atoms with Crippen molar-refractivity contribution in [1.29, 1.82) is 0 Å². The van der Waals surface area contributed by atoms with Crippen LogP contribution in [0.15, 0.2) is 12.4 Å². The Kier molecular flexibility index (Phi) is 4.49. The Morgan fingerprint density at radius 2 is 2.33 bits per heavy atom. The van der Waals surface area contributed by atoms with Gasteiger partial charge in [-0.2, -0.15) is 5.10 Å². The van der Waals surface area contributed by atoms with Gasteiger partial charge in [0, 0.05) is 12.7 Å². The Morgan fingerprint density at radius 1 is 1.60 bits per heavy atom. The molecule has 0 unspecified atom stereocenters. The number of hydrogen-bond acceptors (Lipinski definition) is 3. The number of Topliss-reactive ketones (excluding diaryl/α,β-unsaturated/α-hetero) is 1. The van der Waals surface area contributed by atoms with E-state index in [1.807, 2.05) is 13.8 Å². The molecule has 0 aromatic carbocycles. The molecule has 1 heterocycles. The van der Waals surface area contributed by atoms with Crippen LogP contribution in [-0.4, -0.2) is 28.3 Å². The molecule has 0 atom stereocenters. The number of ketones is 1. The van der Waals surface area contributed by atoms with Gasteiger partial charge in [0.1, 0.15) is 6.61 Å². The zero-order chi connectivity index (χ0) is 11.3. The monoisotopic (exact) mass is 210 g/mol. The summed E-state index contributed by atoms with van der Waals surface area (Å²) in [4.78, 5) is 11.6. The van der Waals surface area contributed by atoms with Crippen molar-refractivity contribution in [1.82, 2.24) is 9.78 Å². The molecule has 1 aromatic rings. The highest BCUT2D eigenvalue weighted by Crippen LogP contribution is 2.01. The SMILES string of the molecule is CCCn1cc(C(=O)COC(C)C)cn1. The zero-order valence-electron chi connectivity index (χ0n) is 9.56. The fourth-order valence-corrected chi connectivity index (χ4v) is 1.18. The molecule has 1 rings (SSSR count). The third-order valence-electron chi connectivity index (χ3n) is 1.96. The molecule has 0 saturated carbocycles. The maximum Gasteiger partial charge on any atom is 0.191 e. The minimum Gasteiger partial charge on any atom is -0.371 e. The average molecular weight is 210 g/mol. The van der Waals surface area contributed by atoms with Gasteiger partial charge in [0.25, 0.3) is 0 Å². The number of carbonyl (C=O) groups is 1. The lowest BCUT2D eigenvalue weighted by molar-refractivity contribution is 0.0584. The highest BCUT2D eigenvalue weighted by Gasteiger charge is 2.09. The highest BCUT2D eigenvalue weighted by molar-refractivity contribution is 5.96. The molecule has 0 amide bonds. The summed E-state index contributed by atoms with van der Waals surface area (Å²) < 4.78 is 7.02. The molecule has 0 bridgehead atoms. The van der Waals surface area contributed by atoms with Gasteiger partial charge in [-0.1, -0.05) is 6.92 Å². The van der Waals surface area contributed by atoms with Crippen molar-refractivity contribution in [2.75, 3.05) is 6.61 Å². The number of carbonyl (C=O) groups excluding carboxylic acids is 1. The molecule has 0 fully saturated rings. The van der Waals surface area contributed by atoms with Crippen LogP contribution in [-0.2, 0) is 11.3 Å². The molecule has 0 N–H and O–H groups in total. The van der Waals surface area contributed by atoms with E-state index in [0.29, 0.717) is 5.56 Å². The second-order valence-corrected chi connectivity index (χ2v) is 3.78. The summed E-state index contributed by atoms with van der Waals surface area (Å²) in [5.41, 5.74) is 0.629. The van der Waals surface area contributed by atoms with Crippen molar-refractivity contribution < 1.29 is 9.53 Å². The summed E-state index contributed by atoms with van der Waals surface area (Å²) >= 11 is 0. The van der Waals surface area contributed by atoms with E-state index in [1.54, 1.807) is 17.1 Å². The van der Waals surface area contributed by atoms with E-state index in [-0.39, 0.29) is 18.5 Å². The molecule has 0 aliphatic heterocycles. The van der Waals surface area contributed by atoms with E-state index in [9.17, 15) is 4.79 Å². The Balaban J connectivity index is 2.50. The first-order chi connectivity index (χ1) is 7.13. The smallest absolute Gasteiger partial charge is 0.191 e. The summed E-state index contributed by atoms with van der Waals surface area (Å²) in [6.45, 7) is 6.88. The van der Waals surface area contributed by atoms with E-state index in [0.717, 1.165) is 13.0 Å². The van der Waals surface area contributed by atoms with Gasteiger partial charge in [-0.15, -0.1) is 0 Å². The number of aryl methyl sites for hydroxylation is 1. The van der Waals surface area contributed by atoms with Crippen molar-refractivity contribution in [2.24, 2.45) is 0 Å². The van der Waals surface area contributed by atoms with Gasteiger partial charge in [-0.3, -0.25) is 9.48 Å². The van der Waals surface area contributed by atoms with E-state index in [1.165, 1.54) is 0 Å². The Hall–Kier alpha value is -1.16. The van der Waals surface area contributed by atoms with Gasteiger partial charge >= 0.3 is 0 Å². The maximum absolute atomic E-state index is 11.6. The van der Waals surface area contributed by atoms with Crippen LogP contribution in [0.5, 0.6) is 0 Å². The van der Waals surface area contributed by atoms with Crippen LogP contribution in [0.2, 0.25) is 0 Å². The highest BCUT2D eigenvalue weighted by atomic mass is 16.5. The lowest BCUT2D eigenvalue weighted by Crippen LogP contribution is -2.12. The van der Waals surface area contributed by atoms with Crippen LogP contribution in [0, 0.1) is 0 Å². The Labute approximate surface area is 90.2 Å². The number of rotatable bonds is 6. The summed E-state index contributed by atoms with van der Waals surface area (Å²) in [5, 5.41) is 4.09. The fourth-order valence-electron chi connectivity index (χ4n) is 1.18. The van der Waals surface area contributed by atoms with Gasteiger partial charge in [0.15, 0.2) is 5.78 Å². The summed E-state index contributed by atoms with van der Waals surface area (Å²) in [5.74, 6) is -0.00828. The molecule has 15 heavy (non-hydrogen) atoms. The minimum atomic E-state index is -0.00828. The van der Waals surface area contributed by atoms with Crippen molar-refractivity contribution in [2.45, 2.75) is 39.8 Å². The summed E-state index contributed by atoms with van der Waals surface area (Å²) in [6, 6.07) is 0. The summed E-state index contributed by atoms with van der Waals surface area (Å²) in [6.07, 6.45) is 4.47. The number of aromatic nitrogens is 2. The first-order valence-electron chi connectivity index (χ1n) is 5.30. The lowest BCUT2D eigenvalue weighted by atomic mass is 10.2. The third-order valence-corrected chi connectivity index (χ3v) is 1.96. The normalized spacial score (nSPS) is 10.9. The van der Waals surface area contributed by atoms with Gasteiger partial charge in [0.2, 0.25) is 0 Å². The van der Waals surface area contributed by atoms with Crippen molar-refractivity contribution in [3.63, 3.8) is 0 Å². The second kappa shape index (κ2) is 5.66. The molecule has 0 aliphatic rings. The van der Waals surface area contributed by atoms with Gasteiger partial charge in [0.05, 0.1) is 17.9 Å². The quantitative estimate of drug-likeness (QED) is 0.673. The van der Waals surface area contributed by atoms with Crippen LogP contribution in [0.4, 0.5) is 0 Å². The third kappa shape index (κ3) is 3.83. The number of ether oxygens (including phenoxy) is 1. The van der Waals surface area contributed by atoms with E-state index in [4.69, 9.17) is 4.74 Å². The minimum absolute atomic E-state index is 0.00828. The van der Waals surface area contributed by atoms with Crippen LogP contribution in [0.3, 0.4) is 0 Å². The Morgan fingerprint density at radius 3 is 2.93 bits per heavy atom. The predicted octanol–water partition coefficient (Wildman–Crippen LogP) is 1.90. The molecule has 0 spiro atoms. The molecule has 0 radical (unpaired) electrons. The molecule has 4 heteroatoms. The predicted molar refractivity (Wildman–Crippen MR) is 57.9 cm³/mol. The van der Waals surface area contributed by atoms with Crippen LogP contribution in [0.25, 0.3) is 0 Å². The van der Waals surface area contributed by atoms with Gasteiger partial charge in [-0.25, -0.2) is 0 Å². The topological polar surface area (TPSA) is 44.1 Å². The second-order valence-electron chi connectivity index (χ2n) is 3.78. The first kappa shape index (κ1) is 11.9. The molecule has 0 saturated heterocycles. The molecule has 0 aliphatic carbocycles. The molecule has 4 nitrogen and oxygen atoms in total. The molecular weight excluding hydrogens is 192 g/mol. The van der Waals surface area contributed by atoms with Crippen LogP contribution >= 0.6 is 0 Å². The van der Waals surface area contributed by atoms with Crippen LogP contribution in [0.1, 0.15) is 37.6 Å². The van der Waals surface area contributed by atoms with E-state index in [2.05, 4.69) is 12.0 Å². The van der Waals surface area contributed by atoms with Crippen molar-refractivity contribution in [3.8, 4) is 0 Å². The first-order valence-corrected chi connectivity index (χ1v) is 5.30. The van der Waals surface area contributed by atoms with Crippen molar-refractivity contribution >= 4 is 5.78 Å². The zero-order valence-corrected chi connectivity index (χ0v) is 9.56. The average Bonchev–Trinajstić information content (AvgIpc) is 2.63. The molecule has 1 aromatic heterocycles. The maximum atomic E-state index is 11.6. The Bertz CT molecular complexity index is 318. The number of nitrogens with zero attached hydrogens (tertiary/aromatic N) is 2. The van der Waals surface area contributed by atoms with E-state index >= 15 is 0 Å². The van der Waals surface area contributed by atoms with E-state index < -0.39 is 0 Å². The summed E-state index contributed by atoms with van der Waals surface area (Å²) in [7, 11) is 0. The number of hydrogen-bond donors (Lipinski definition) is 0. The largest absolute Gasteiger partial charge is 0.371 e. The molecule has 84 valence electrons. The van der Waals surface area contributed by atoms with Crippen molar-refractivity contribution in [3.05, 3.63) is 18.0 Å². The fraction of sp³-hybridized carbons (Fsp3) is 0.636. The van der Waals surface area contributed by atoms with Gasteiger partial charge < -0.3 is 4.74 Å². The molecular formula is C11H18N2O2. The lowest BCUT2D eigenvalue weighted by Gasteiger charge is -2.04. The van der Waals surface area contributed by atoms with Gasteiger partial charge in [-0.05, 0) is 20.3 Å². The standard InChI is InChI=1S/C11H18N2O2/c1-4-5-13-7-10(6-12-13)11(14)8-15-9(2)3/h6-7,9H,4-5,8H2,1-3H3. The van der Waals surface area contributed by atoms with Crippen LogP contribution < -0.4 is 0 Å².